The molecule has 2 aromatic carbocycles. The third-order valence-electron chi connectivity index (χ3n) is 3.31. The largest absolute Gasteiger partial charge is 0.478 e. The lowest BCUT2D eigenvalue weighted by Gasteiger charge is -1.98. The summed E-state index contributed by atoms with van der Waals surface area (Å²) in [4.78, 5) is 22.6. The van der Waals surface area contributed by atoms with E-state index in [0.29, 0.717) is 9.90 Å². The number of carboxylic acid groups (broad SMARTS) is 1. The van der Waals surface area contributed by atoms with E-state index in [9.17, 15) is 9.59 Å². The first-order chi connectivity index (χ1) is 13.1. The molecule has 3 rings (SSSR count). The van der Waals surface area contributed by atoms with Crippen LogP contribution in [0.3, 0.4) is 0 Å². The van der Waals surface area contributed by atoms with Gasteiger partial charge in [-0.15, -0.1) is 10.2 Å². The quantitative estimate of drug-likeness (QED) is 0.360. The number of carbonyl (C=O) groups is 2. The smallest absolute Gasteiger partial charge is 0.335 e. The monoisotopic (exact) mass is 398 g/mol. The van der Waals surface area contributed by atoms with Crippen LogP contribution in [-0.4, -0.2) is 39.1 Å². The number of rotatable bonds is 7. The van der Waals surface area contributed by atoms with Gasteiger partial charge in [0.15, 0.2) is 4.34 Å². The van der Waals surface area contributed by atoms with E-state index in [1.807, 2.05) is 30.3 Å². The van der Waals surface area contributed by atoms with Crippen LogP contribution in [0.5, 0.6) is 0 Å². The maximum absolute atomic E-state index is 11.9. The summed E-state index contributed by atoms with van der Waals surface area (Å²) in [6.45, 7) is 0. The Morgan fingerprint density at radius 1 is 1.11 bits per heavy atom. The van der Waals surface area contributed by atoms with Crippen LogP contribution in [0.25, 0.3) is 10.6 Å². The number of carboxylic acids is 1. The molecule has 0 spiro atoms. The zero-order valence-electron chi connectivity index (χ0n) is 13.9. The lowest BCUT2D eigenvalue weighted by molar-refractivity contribution is -0.118. The molecule has 0 aliphatic rings. The van der Waals surface area contributed by atoms with Crippen molar-refractivity contribution in [1.82, 2.24) is 15.6 Å². The predicted molar refractivity (Wildman–Crippen MR) is 105 cm³/mol. The standard InChI is InChI=1S/C18H14N4O3S2/c23-15(20-19-10-12-6-8-14(9-7-12)17(24)25)11-26-18-22-21-16(27-18)13-4-2-1-3-5-13/h1-10H,11H2,(H,20,23)(H,24,25). The Balaban J connectivity index is 1.47. The fourth-order valence-corrected chi connectivity index (χ4v) is 3.67. The number of nitrogens with one attached hydrogen (secondary N) is 1. The van der Waals surface area contributed by atoms with Gasteiger partial charge in [0.05, 0.1) is 17.5 Å². The molecule has 0 radical (unpaired) electrons. The van der Waals surface area contributed by atoms with Gasteiger partial charge in [-0.3, -0.25) is 4.79 Å². The number of benzene rings is 2. The average Bonchev–Trinajstić information content (AvgIpc) is 3.16. The van der Waals surface area contributed by atoms with Gasteiger partial charge in [0.1, 0.15) is 5.01 Å². The number of hydrogen-bond donors (Lipinski definition) is 2. The molecule has 1 heterocycles. The van der Waals surface area contributed by atoms with E-state index >= 15 is 0 Å². The fourth-order valence-electron chi connectivity index (χ4n) is 2.02. The van der Waals surface area contributed by atoms with Crippen molar-refractivity contribution in [2.75, 3.05) is 5.75 Å². The predicted octanol–water partition coefficient (Wildman–Crippen LogP) is 3.15. The van der Waals surface area contributed by atoms with E-state index in [4.69, 9.17) is 5.11 Å². The molecule has 0 fully saturated rings. The van der Waals surface area contributed by atoms with Gasteiger partial charge in [0, 0.05) is 5.56 Å². The van der Waals surface area contributed by atoms with E-state index in [0.717, 1.165) is 10.6 Å². The van der Waals surface area contributed by atoms with Crippen LogP contribution in [-0.2, 0) is 4.79 Å². The molecule has 0 aliphatic heterocycles. The highest BCUT2D eigenvalue weighted by molar-refractivity contribution is 8.01. The van der Waals surface area contributed by atoms with Crippen LogP contribution in [0, 0.1) is 0 Å². The number of nitrogens with zero attached hydrogens (tertiary/aromatic N) is 3. The first-order valence-electron chi connectivity index (χ1n) is 7.79. The molecule has 0 atom stereocenters. The van der Waals surface area contributed by atoms with E-state index in [-0.39, 0.29) is 17.2 Å². The van der Waals surface area contributed by atoms with Gasteiger partial charge in [-0.2, -0.15) is 5.10 Å². The van der Waals surface area contributed by atoms with Gasteiger partial charge in [0.2, 0.25) is 0 Å². The molecular weight excluding hydrogens is 384 g/mol. The zero-order valence-corrected chi connectivity index (χ0v) is 15.5. The van der Waals surface area contributed by atoms with Crippen molar-refractivity contribution in [3.8, 4) is 10.6 Å². The van der Waals surface area contributed by atoms with Crippen molar-refractivity contribution in [3.63, 3.8) is 0 Å². The molecule has 136 valence electrons. The zero-order chi connectivity index (χ0) is 19.1. The number of carbonyl (C=O) groups excluding carboxylic acids is 1. The first kappa shape index (κ1) is 18.7. The Hall–Kier alpha value is -3.04. The molecule has 1 amide bonds. The molecule has 9 heteroatoms. The number of aromatic carboxylic acids is 1. The van der Waals surface area contributed by atoms with Crippen LogP contribution in [0.4, 0.5) is 0 Å². The van der Waals surface area contributed by atoms with Crippen molar-refractivity contribution in [3.05, 3.63) is 65.7 Å². The number of amides is 1. The minimum absolute atomic E-state index is 0.165. The van der Waals surface area contributed by atoms with Crippen molar-refractivity contribution in [2.24, 2.45) is 5.10 Å². The summed E-state index contributed by atoms with van der Waals surface area (Å²) < 4.78 is 0.706. The lowest BCUT2D eigenvalue weighted by atomic mass is 10.1. The van der Waals surface area contributed by atoms with E-state index < -0.39 is 5.97 Å². The number of hydrogen-bond acceptors (Lipinski definition) is 7. The van der Waals surface area contributed by atoms with Gasteiger partial charge in [0.25, 0.3) is 5.91 Å². The molecule has 3 aromatic rings. The lowest BCUT2D eigenvalue weighted by Crippen LogP contribution is -2.19. The van der Waals surface area contributed by atoms with Crippen molar-refractivity contribution in [1.29, 1.82) is 0 Å². The van der Waals surface area contributed by atoms with Crippen LogP contribution in [0.1, 0.15) is 15.9 Å². The Kier molecular flexibility index (Phi) is 6.29. The van der Waals surface area contributed by atoms with Gasteiger partial charge in [-0.25, -0.2) is 10.2 Å². The van der Waals surface area contributed by atoms with E-state index in [2.05, 4.69) is 20.7 Å². The van der Waals surface area contributed by atoms with Gasteiger partial charge in [-0.1, -0.05) is 65.6 Å². The maximum Gasteiger partial charge on any atom is 0.335 e. The minimum atomic E-state index is -0.990. The molecular formula is C18H14N4O3S2. The first-order valence-corrected chi connectivity index (χ1v) is 9.59. The third kappa shape index (κ3) is 5.47. The summed E-state index contributed by atoms with van der Waals surface area (Å²) >= 11 is 2.72. The summed E-state index contributed by atoms with van der Waals surface area (Å²) in [6, 6.07) is 15.9. The minimum Gasteiger partial charge on any atom is -0.478 e. The summed E-state index contributed by atoms with van der Waals surface area (Å²) in [7, 11) is 0. The second kappa shape index (κ2) is 9.06. The van der Waals surface area contributed by atoms with E-state index in [1.54, 1.807) is 12.1 Å². The van der Waals surface area contributed by atoms with E-state index in [1.165, 1.54) is 41.4 Å². The molecule has 2 N–H and O–H groups in total. The summed E-state index contributed by atoms with van der Waals surface area (Å²) in [6.07, 6.45) is 1.45. The number of thioether (sulfide) groups is 1. The topological polar surface area (TPSA) is 105 Å². The number of hydrazone groups is 1. The van der Waals surface area contributed by atoms with Gasteiger partial charge < -0.3 is 5.11 Å². The molecule has 0 aliphatic carbocycles. The molecule has 1 aromatic heterocycles. The highest BCUT2D eigenvalue weighted by atomic mass is 32.2. The van der Waals surface area contributed by atoms with Gasteiger partial charge >= 0.3 is 5.97 Å². The highest BCUT2D eigenvalue weighted by Crippen LogP contribution is 2.28. The van der Waals surface area contributed by atoms with Crippen molar-refractivity contribution < 1.29 is 14.7 Å². The molecule has 0 saturated carbocycles. The normalized spacial score (nSPS) is 10.8. The Labute approximate surface area is 163 Å². The Bertz CT molecular complexity index is 956. The van der Waals surface area contributed by atoms with Crippen molar-refractivity contribution in [2.45, 2.75) is 4.34 Å². The molecule has 0 bridgehead atoms. The second-order valence-corrected chi connectivity index (χ2v) is 7.45. The SMILES string of the molecule is O=C(CSc1nnc(-c2ccccc2)s1)NN=Cc1ccc(C(=O)O)cc1. The molecule has 27 heavy (non-hydrogen) atoms. The van der Waals surface area contributed by atoms with Gasteiger partial charge in [-0.05, 0) is 17.7 Å². The second-order valence-electron chi connectivity index (χ2n) is 5.25. The Morgan fingerprint density at radius 3 is 2.56 bits per heavy atom. The van der Waals surface area contributed by atoms with Crippen LogP contribution in [0.15, 0.2) is 64.0 Å². The molecule has 0 unspecified atom stereocenters. The fraction of sp³-hybridized carbons (Fsp3) is 0.0556. The summed E-state index contributed by atoms with van der Waals surface area (Å²) in [5, 5.41) is 21.7. The molecule has 0 saturated heterocycles. The van der Waals surface area contributed by atoms with Crippen LogP contribution in [0.2, 0.25) is 0 Å². The summed E-state index contributed by atoms with van der Waals surface area (Å²) in [5.41, 5.74) is 4.30. The molecule has 7 nitrogen and oxygen atoms in total. The van der Waals surface area contributed by atoms with Crippen LogP contribution < -0.4 is 5.43 Å². The average molecular weight is 398 g/mol. The highest BCUT2D eigenvalue weighted by Gasteiger charge is 2.09. The maximum atomic E-state index is 11.9. The summed E-state index contributed by atoms with van der Waals surface area (Å²) in [5.74, 6) is -1.09. The van der Waals surface area contributed by atoms with Crippen molar-refractivity contribution >= 4 is 41.2 Å². The Morgan fingerprint density at radius 2 is 1.85 bits per heavy atom. The number of aromatic nitrogens is 2. The third-order valence-corrected chi connectivity index (χ3v) is 5.42. The van der Waals surface area contributed by atoms with Crippen LogP contribution >= 0.6 is 23.1 Å².